The molecule has 1 aliphatic rings. The molecule has 0 spiro atoms. The lowest BCUT2D eigenvalue weighted by atomic mass is 10.2. The minimum absolute atomic E-state index is 0.0707. The van der Waals surface area contributed by atoms with Crippen molar-refractivity contribution in [1.29, 1.82) is 0 Å². The van der Waals surface area contributed by atoms with E-state index in [1.54, 1.807) is 12.1 Å². The average molecular weight is 378 g/mol. The molecule has 1 aromatic carbocycles. The van der Waals surface area contributed by atoms with Crippen LogP contribution in [0.15, 0.2) is 23.4 Å². The van der Waals surface area contributed by atoms with Gasteiger partial charge in [0.15, 0.2) is 5.13 Å². The highest BCUT2D eigenvalue weighted by atomic mass is 32.1. The first-order valence-electron chi connectivity index (χ1n) is 7.71. The Balaban J connectivity index is 2.00. The van der Waals surface area contributed by atoms with E-state index in [1.165, 1.54) is 30.5 Å². The number of hydrogen-bond donors (Lipinski definition) is 3. The number of nitrogens with one attached hydrogen (secondary N) is 1. The van der Waals surface area contributed by atoms with Gasteiger partial charge in [0.05, 0.1) is 37.6 Å². The summed E-state index contributed by atoms with van der Waals surface area (Å²) in [5.74, 6) is -0.491. The van der Waals surface area contributed by atoms with Gasteiger partial charge in [-0.2, -0.15) is 0 Å². The Bertz CT molecular complexity index is 907. The fourth-order valence-corrected chi connectivity index (χ4v) is 3.53. The second kappa shape index (κ2) is 7.18. The second-order valence-corrected chi connectivity index (χ2v) is 6.56. The van der Waals surface area contributed by atoms with Crippen molar-refractivity contribution in [2.75, 3.05) is 45.0 Å². The highest BCUT2D eigenvalue weighted by Crippen LogP contribution is 2.35. The number of esters is 1. The largest absolute Gasteiger partial charge is 0.494 e. The number of carbonyl (C=O) groups is 2. The molecule has 0 saturated carbocycles. The monoisotopic (exact) mass is 378 g/mol. The van der Waals surface area contributed by atoms with Crippen molar-refractivity contribution in [2.24, 2.45) is 0 Å². The molecule has 4 N–H and O–H groups in total. The number of fused-ring (bicyclic) bond motifs is 1. The molecule has 0 radical (unpaired) electrons. The molecule has 10 heteroatoms. The molecule has 0 aliphatic carbocycles. The zero-order chi connectivity index (χ0) is 18.8. The average Bonchev–Trinajstić information content (AvgIpc) is 3.14. The van der Waals surface area contributed by atoms with Crippen LogP contribution in [-0.4, -0.2) is 60.8 Å². The number of nitrogens with zero attached hydrogens (tertiary/aromatic N) is 2. The van der Waals surface area contributed by atoms with Crippen molar-refractivity contribution < 1.29 is 24.2 Å². The van der Waals surface area contributed by atoms with Crippen molar-refractivity contribution in [2.45, 2.75) is 0 Å². The summed E-state index contributed by atoms with van der Waals surface area (Å²) in [6.07, 6.45) is 0. The molecule has 1 aromatic heterocycles. The van der Waals surface area contributed by atoms with Gasteiger partial charge in [-0.25, -0.2) is 9.78 Å². The number of anilines is 2. The predicted molar refractivity (Wildman–Crippen MR) is 96.9 cm³/mol. The van der Waals surface area contributed by atoms with Crippen LogP contribution in [0.5, 0.6) is 5.75 Å². The lowest BCUT2D eigenvalue weighted by Crippen LogP contribution is -2.31. The summed E-state index contributed by atoms with van der Waals surface area (Å²) < 4.78 is 10.9. The number of β-amino-alcohol motifs (C(OH)–C–C–N with tert-alkyl or cyclic N) is 1. The molecular weight excluding hydrogens is 360 g/mol. The zero-order valence-corrected chi connectivity index (χ0v) is 15.1. The first-order chi connectivity index (χ1) is 12.5. The first kappa shape index (κ1) is 18.0. The molecule has 3 rings (SSSR count). The number of nitrogens with two attached hydrogens (primary N) is 1. The number of thiazole rings is 1. The number of aromatic nitrogens is 1. The van der Waals surface area contributed by atoms with Crippen LogP contribution < -0.4 is 15.8 Å². The number of aliphatic hydroxyl groups excluding tert-OH is 1. The van der Waals surface area contributed by atoms with Crippen LogP contribution in [0.2, 0.25) is 0 Å². The van der Waals surface area contributed by atoms with Crippen LogP contribution in [-0.2, 0) is 14.3 Å². The lowest BCUT2D eigenvalue weighted by Gasteiger charge is -2.15. The molecule has 1 amide bonds. The maximum absolute atomic E-state index is 12.6. The summed E-state index contributed by atoms with van der Waals surface area (Å²) in [5.41, 5.74) is 7.25. The SMILES string of the molecule is COC(=O)C1=C(Nc2cc(OC)c3nc(N)sc3c2)C(=O)N(CCO)C1. The highest BCUT2D eigenvalue weighted by molar-refractivity contribution is 7.22. The maximum Gasteiger partial charge on any atom is 0.337 e. The van der Waals surface area contributed by atoms with Crippen LogP contribution in [0.1, 0.15) is 0 Å². The van der Waals surface area contributed by atoms with E-state index in [0.717, 1.165) is 4.70 Å². The predicted octanol–water partition coefficient (Wildman–Crippen LogP) is 0.561. The Morgan fingerprint density at radius 2 is 2.23 bits per heavy atom. The van der Waals surface area contributed by atoms with Crippen LogP contribution in [0.25, 0.3) is 10.2 Å². The summed E-state index contributed by atoms with van der Waals surface area (Å²) in [7, 11) is 2.76. The molecule has 9 nitrogen and oxygen atoms in total. The molecule has 0 atom stereocenters. The van der Waals surface area contributed by atoms with Gasteiger partial charge < -0.3 is 30.5 Å². The van der Waals surface area contributed by atoms with E-state index in [1.807, 2.05) is 0 Å². The van der Waals surface area contributed by atoms with E-state index in [0.29, 0.717) is 22.1 Å². The van der Waals surface area contributed by atoms with Crippen LogP contribution in [0.3, 0.4) is 0 Å². The lowest BCUT2D eigenvalue weighted by molar-refractivity contribution is -0.136. The molecule has 0 unspecified atom stereocenters. The maximum atomic E-state index is 12.6. The summed E-state index contributed by atoms with van der Waals surface area (Å²) in [6.45, 7) is -0.00702. The molecule has 0 fully saturated rings. The summed E-state index contributed by atoms with van der Waals surface area (Å²) in [4.78, 5) is 30.2. The second-order valence-electron chi connectivity index (χ2n) is 5.50. The number of nitrogen functional groups attached to an aromatic ring is 1. The van der Waals surface area contributed by atoms with Gasteiger partial charge in [-0.1, -0.05) is 11.3 Å². The summed E-state index contributed by atoms with van der Waals surface area (Å²) in [5, 5.41) is 12.5. The van der Waals surface area contributed by atoms with Gasteiger partial charge in [0, 0.05) is 18.3 Å². The van der Waals surface area contributed by atoms with Gasteiger partial charge in [-0.05, 0) is 6.07 Å². The smallest absolute Gasteiger partial charge is 0.337 e. The van der Waals surface area contributed by atoms with Crippen LogP contribution in [0, 0.1) is 0 Å². The number of rotatable bonds is 6. The minimum atomic E-state index is -0.601. The molecule has 0 bridgehead atoms. The number of benzene rings is 1. The van der Waals surface area contributed by atoms with Crippen molar-refractivity contribution >= 4 is 44.2 Å². The van der Waals surface area contributed by atoms with Gasteiger partial charge in [-0.15, -0.1) is 0 Å². The van der Waals surface area contributed by atoms with E-state index in [2.05, 4.69) is 10.3 Å². The van der Waals surface area contributed by atoms with E-state index < -0.39 is 5.97 Å². The normalized spacial score (nSPS) is 14.3. The Hall–Kier alpha value is -2.85. The molecule has 0 saturated heterocycles. The van der Waals surface area contributed by atoms with Gasteiger partial charge in [0.25, 0.3) is 5.91 Å². The Morgan fingerprint density at radius 3 is 2.88 bits per heavy atom. The number of aliphatic hydroxyl groups is 1. The van der Waals surface area contributed by atoms with Gasteiger partial charge in [0.1, 0.15) is 17.0 Å². The first-order valence-corrected chi connectivity index (χ1v) is 8.52. The number of amides is 1. The van der Waals surface area contributed by atoms with Gasteiger partial charge in [0.2, 0.25) is 0 Å². The standard InChI is InChI=1S/C16H18N4O5S/c1-24-10-5-8(6-11-13(10)19-16(17)26-11)18-12-9(15(23)25-2)7-20(3-4-21)14(12)22/h5-6,18,21H,3-4,7H2,1-2H3,(H2,17,19). The topological polar surface area (TPSA) is 127 Å². The van der Waals surface area contributed by atoms with Crippen molar-refractivity contribution in [3.63, 3.8) is 0 Å². The number of ether oxygens (including phenoxy) is 2. The molecule has 26 heavy (non-hydrogen) atoms. The van der Waals surface area contributed by atoms with E-state index >= 15 is 0 Å². The fraction of sp³-hybridized carbons (Fsp3) is 0.312. The quantitative estimate of drug-likeness (QED) is 0.622. The van der Waals surface area contributed by atoms with Crippen molar-refractivity contribution in [1.82, 2.24) is 9.88 Å². The molecular formula is C16H18N4O5S. The third-order valence-corrected chi connectivity index (χ3v) is 4.75. The van der Waals surface area contributed by atoms with Crippen molar-refractivity contribution in [3.05, 3.63) is 23.4 Å². The summed E-state index contributed by atoms with van der Waals surface area (Å²) in [6, 6.07) is 3.45. The highest BCUT2D eigenvalue weighted by Gasteiger charge is 2.34. The zero-order valence-electron chi connectivity index (χ0n) is 14.2. The number of methoxy groups -OCH3 is 2. The fourth-order valence-electron chi connectivity index (χ4n) is 2.74. The third-order valence-electron chi connectivity index (χ3n) is 3.92. The molecule has 1 aliphatic heterocycles. The Kier molecular flexibility index (Phi) is 4.96. The number of hydrogen-bond acceptors (Lipinski definition) is 9. The van der Waals surface area contributed by atoms with Gasteiger partial charge in [-0.3, -0.25) is 4.79 Å². The number of carbonyl (C=O) groups excluding carboxylic acids is 2. The van der Waals surface area contributed by atoms with Gasteiger partial charge >= 0.3 is 5.97 Å². The van der Waals surface area contributed by atoms with Crippen molar-refractivity contribution in [3.8, 4) is 5.75 Å². The summed E-state index contributed by atoms with van der Waals surface area (Å²) >= 11 is 1.29. The third kappa shape index (κ3) is 3.16. The Labute approximate surface area is 153 Å². The van der Waals surface area contributed by atoms with E-state index in [4.69, 9.17) is 20.3 Å². The Morgan fingerprint density at radius 1 is 1.46 bits per heavy atom. The van der Waals surface area contributed by atoms with E-state index in [9.17, 15) is 9.59 Å². The van der Waals surface area contributed by atoms with E-state index in [-0.39, 0.29) is 36.9 Å². The van der Waals surface area contributed by atoms with Crippen LogP contribution >= 0.6 is 11.3 Å². The van der Waals surface area contributed by atoms with Crippen LogP contribution in [0.4, 0.5) is 10.8 Å². The molecule has 138 valence electrons. The molecule has 2 aromatic rings. The minimum Gasteiger partial charge on any atom is -0.494 e. The molecule has 2 heterocycles.